The number of aromatic nitrogens is 4. The maximum atomic E-state index is 6.34. The van der Waals surface area contributed by atoms with Gasteiger partial charge in [-0.25, -0.2) is 0 Å². The van der Waals surface area contributed by atoms with E-state index in [-0.39, 0.29) is 0 Å². The molecule has 12 rings (SSSR count). The van der Waals surface area contributed by atoms with Crippen molar-refractivity contribution in [1.29, 1.82) is 0 Å². The summed E-state index contributed by atoms with van der Waals surface area (Å²) in [5.74, 6) is 0. The van der Waals surface area contributed by atoms with Crippen molar-refractivity contribution >= 4 is 66.1 Å². The van der Waals surface area contributed by atoms with E-state index >= 15 is 0 Å². The lowest BCUT2D eigenvalue weighted by Crippen LogP contribution is -1.90. The Morgan fingerprint density at radius 1 is 0.263 bits per heavy atom. The van der Waals surface area contributed by atoms with Gasteiger partial charge in [-0.3, -0.25) is 19.9 Å². The summed E-state index contributed by atoms with van der Waals surface area (Å²) >= 11 is 0. The second kappa shape index (κ2) is 12.3. The largest absolute Gasteiger partial charge is 0.456 e. The van der Waals surface area contributed by atoms with E-state index in [0.717, 1.165) is 122 Å². The second-order valence-corrected chi connectivity index (χ2v) is 14.3. The van der Waals surface area contributed by atoms with Crippen molar-refractivity contribution in [3.63, 3.8) is 0 Å². The molecule has 0 spiro atoms. The van der Waals surface area contributed by atoms with Gasteiger partial charge >= 0.3 is 0 Å². The zero-order valence-corrected chi connectivity index (χ0v) is 30.2. The number of hydrogen-bond acceptors (Lipinski definition) is 7. The molecule has 0 aliphatic heterocycles. The molecule has 7 nitrogen and oxygen atoms in total. The Labute approximate surface area is 324 Å². The maximum absolute atomic E-state index is 6.34. The Bertz CT molecular complexity index is 3560. The number of fused-ring (bicyclic) bond motifs is 9. The van der Waals surface area contributed by atoms with Crippen molar-refractivity contribution in [2.24, 2.45) is 0 Å². The molecule has 0 bridgehead atoms. The van der Waals surface area contributed by atoms with Gasteiger partial charge in [0.15, 0.2) is 11.2 Å². The predicted molar refractivity (Wildman–Crippen MR) is 227 cm³/mol. The predicted octanol–water partition coefficient (Wildman–Crippen LogP) is 13.3. The van der Waals surface area contributed by atoms with Gasteiger partial charge in [-0.2, -0.15) is 0 Å². The first-order chi connectivity index (χ1) is 28.2. The normalized spacial score (nSPS) is 11.9. The zero-order valence-electron chi connectivity index (χ0n) is 30.2. The van der Waals surface area contributed by atoms with Crippen LogP contribution in [0.15, 0.2) is 184 Å². The van der Waals surface area contributed by atoms with E-state index in [2.05, 4.69) is 107 Å². The Morgan fingerprint density at radius 3 is 1.12 bits per heavy atom. The van der Waals surface area contributed by atoms with E-state index in [9.17, 15) is 0 Å². The maximum Gasteiger partial charge on any atom is 0.153 e. The molecule has 7 aromatic heterocycles. The molecule has 0 saturated heterocycles. The molecule has 0 N–H and O–H groups in total. The molecule has 57 heavy (non-hydrogen) atoms. The van der Waals surface area contributed by atoms with Crippen molar-refractivity contribution in [2.75, 3.05) is 0 Å². The quantitative estimate of drug-likeness (QED) is 0.174. The number of nitrogens with zero attached hydrogens (tertiary/aromatic N) is 4. The fraction of sp³-hybridized carbons (Fsp3) is 0. The molecule has 266 valence electrons. The average molecular weight is 733 g/mol. The van der Waals surface area contributed by atoms with Crippen molar-refractivity contribution in [3.8, 4) is 55.9 Å². The third-order valence-corrected chi connectivity index (χ3v) is 10.9. The monoisotopic (exact) mass is 732 g/mol. The number of furan rings is 3. The number of pyridine rings is 4. The first-order valence-electron chi connectivity index (χ1n) is 18.7. The summed E-state index contributed by atoms with van der Waals surface area (Å²) in [5, 5.41) is 4.12. The minimum atomic E-state index is 0.779. The third kappa shape index (κ3) is 5.21. The van der Waals surface area contributed by atoms with Gasteiger partial charge in [0.25, 0.3) is 0 Å². The summed E-state index contributed by atoms with van der Waals surface area (Å²) < 4.78 is 18.4. The van der Waals surface area contributed by atoms with Crippen molar-refractivity contribution in [2.45, 2.75) is 0 Å². The lowest BCUT2D eigenvalue weighted by molar-refractivity contribution is 0.668. The van der Waals surface area contributed by atoms with Crippen LogP contribution in [-0.2, 0) is 0 Å². The van der Waals surface area contributed by atoms with Gasteiger partial charge in [0.2, 0.25) is 0 Å². The highest BCUT2D eigenvalue weighted by atomic mass is 16.3. The van der Waals surface area contributed by atoms with Crippen LogP contribution >= 0.6 is 0 Å². The SMILES string of the molecule is c1cc(-c2ccc3oc4ccc(-c5ccnc(-c6cc(-c7ccc8oc9cccnc9c8c7)ccn6)c5)cc4c3c2)cc(-c2ccc3oc4cccnc4c3c2)c1. The summed E-state index contributed by atoms with van der Waals surface area (Å²) in [4.78, 5) is 18.6. The minimum Gasteiger partial charge on any atom is -0.456 e. The molecule has 0 fully saturated rings. The summed E-state index contributed by atoms with van der Waals surface area (Å²) in [5.41, 5.74) is 16.9. The first kappa shape index (κ1) is 31.5. The average Bonchev–Trinajstić information content (AvgIpc) is 3.96. The van der Waals surface area contributed by atoms with Crippen LogP contribution in [0.25, 0.3) is 122 Å². The van der Waals surface area contributed by atoms with Crippen LogP contribution in [0.4, 0.5) is 0 Å². The van der Waals surface area contributed by atoms with Gasteiger partial charge in [-0.05, 0) is 148 Å². The highest BCUT2D eigenvalue weighted by Gasteiger charge is 2.15. The summed E-state index contributed by atoms with van der Waals surface area (Å²) in [6.07, 6.45) is 7.28. The standard InChI is InChI=1S/C50H28N4O3/c1-4-29(22-30(5-1)33-10-14-45-39(25-33)49-47(56-45)6-2-18-53-49)31-8-12-43-37(23-31)38-24-32(9-13-44(38)55-43)35-16-20-51-41(27-35)42-28-36(17-21-52-42)34-11-15-46-40(26-34)50-48(57-46)7-3-19-54-50/h1-28H. The summed E-state index contributed by atoms with van der Waals surface area (Å²) in [7, 11) is 0. The molecule has 12 aromatic rings. The molecular formula is C50H28N4O3. The molecule has 0 aliphatic rings. The van der Waals surface area contributed by atoms with Crippen molar-refractivity contribution in [1.82, 2.24) is 19.9 Å². The lowest BCUT2D eigenvalue weighted by atomic mass is 9.97. The molecule has 7 heterocycles. The van der Waals surface area contributed by atoms with E-state index in [1.165, 1.54) is 0 Å². The Hall–Kier alpha value is -7.90. The van der Waals surface area contributed by atoms with Crippen LogP contribution in [-0.4, -0.2) is 19.9 Å². The topological polar surface area (TPSA) is 91.0 Å². The van der Waals surface area contributed by atoms with E-state index in [0.29, 0.717) is 0 Å². The molecular weight excluding hydrogens is 705 g/mol. The van der Waals surface area contributed by atoms with Crippen molar-refractivity contribution in [3.05, 3.63) is 170 Å². The fourth-order valence-electron chi connectivity index (χ4n) is 8.07. The number of benzene rings is 5. The Balaban J connectivity index is 0.881. The summed E-state index contributed by atoms with van der Waals surface area (Å²) in [6.45, 7) is 0. The van der Waals surface area contributed by atoms with Gasteiger partial charge in [0, 0.05) is 46.3 Å². The second-order valence-electron chi connectivity index (χ2n) is 14.3. The molecule has 0 radical (unpaired) electrons. The van der Waals surface area contributed by atoms with Gasteiger partial charge < -0.3 is 13.3 Å². The Kier molecular flexibility index (Phi) is 6.79. The van der Waals surface area contributed by atoms with Crippen LogP contribution in [0.3, 0.4) is 0 Å². The molecule has 0 aliphatic carbocycles. The highest BCUT2D eigenvalue weighted by molar-refractivity contribution is 6.08. The van der Waals surface area contributed by atoms with Crippen LogP contribution in [0, 0.1) is 0 Å². The molecule has 7 heteroatoms. The highest BCUT2D eigenvalue weighted by Crippen LogP contribution is 2.38. The molecule has 0 unspecified atom stereocenters. The van der Waals surface area contributed by atoms with E-state index in [4.69, 9.17) is 23.2 Å². The van der Waals surface area contributed by atoms with Crippen LogP contribution in [0.5, 0.6) is 0 Å². The molecule has 5 aromatic carbocycles. The number of hydrogen-bond donors (Lipinski definition) is 0. The lowest BCUT2D eigenvalue weighted by Gasteiger charge is -2.08. The van der Waals surface area contributed by atoms with Gasteiger partial charge in [0.1, 0.15) is 33.4 Å². The van der Waals surface area contributed by atoms with E-state index in [1.807, 2.05) is 60.9 Å². The van der Waals surface area contributed by atoms with E-state index in [1.54, 1.807) is 12.4 Å². The Morgan fingerprint density at radius 2 is 0.649 bits per heavy atom. The van der Waals surface area contributed by atoms with Gasteiger partial charge in [-0.15, -0.1) is 0 Å². The summed E-state index contributed by atoms with van der Waals surface area (Å²) in [6, 6.07) is 49.9. The van der Waals surface area contributed by atoms with Gasteiger partial charge in [0.05, 0.1) is 11.4 Å². The molecule has 0 amide bonds. The van der Waals surface area contributed by atoms with Crippen molar-refractivity contribution < 1.29 is 13.3 Å². The van der Waals surface area contributed by atoms with Crippen LogP contribution in [0.2, 0.25) is 0 Å². The minimum absolute atomic E-state index is 0.779. The number of rotatable bonds is 5. The van der Waals surface area contributed by atoms with Crippen LogP contribution in [0.1, 0.15) is 0 Å². The smallest absolute Gasteiger partial charge is 0.153 e. The molecule has 0 saturated carbocycles. The zero-order chi connectivity index (χ0) is 37.5. The van der Waals surface area contributed by atoms with Gasteiger partial charge in [-0.1, -0.05) is 42.5 Å². The third-order valence-electron chi connectivity index (χ3n) is 10.9. The fourth-order valence-corrected chi connectivity index (χ4v) is 8.07. The van der Waals surface area contributed by atoms with Crippen LogP contribution < -0.4 is 0 Å². The molecule has 0 atom stereocenters. The first-order valence-corrected chi connectivity index (χ1v) is 18.7. The van der Waals surface area contributed by atoms with E-state index < -0.39 is 0 Å².